The van der Waals surface area contributed by atoms with Crippen molar-refractivity contribution in [1.82, 2.24) is 0 Å². The van der Waals surface area contributed by atoms with E-state index in [0.717, 1.165) is 24.9 Å². The van der Waals surface area contributed by atoms with E-state index in [-0.39, 0.29) is 22.9 Å². The molecule has 18 heavy (non-hydrogen) atoms. The number of piperidine rings is 2. The lowest BCUT2D eigenvalue weighted by Crippen LogP contribution is -2.52. The fourth-order valence-electron chi connectivity index (χ4n) is 3.24. The van der Waals surface area contributed by atoms with Gasteiger partial charge in [-0.05, 0) is 37.5 Å². The molecule has 2 atom stereocenters. The van der Waals surface area contributed by atoms with E-state index in [4.69, 9.17) is 11.6 Å². The van der Waals surface area contributed by atoms with Crippen molar-refractivity contribution < 1.29 is 9.18 Å². The average molecular weight is 268 g/mol. The summed E-state index contributed by atoms with van der Waals surface area (Å²) in [6.45, 7) is 0. The number of rotatable bonds is 1. The molecular weight excluding hydrogens is 253 g/mol. The Bertz CT molecular complexity index is 475. The van der Waals surface area contributed by atoms with Crippen molar-refractivity contribution in [2.24, 2.45) is 0 Å². The number of Topliss-reactive ketones (excluding diaryl/α,β-unsaturated/α-hetero) is 1. The predicted molar refractivity (Wildman–Crippen MR) is 69.6 cm³/mol. The molecule has 0 spiro atoms. The molecule has 1 aromatic rings. The second-order valence-corrected chi connectivity index (χ2v) is 5.60. The van der Waals surface area contributed by atoms with Crippen LogP contribution in [-0.4, -0.2) is 17.9 Å². The number of carbonyl (C=O) groups excluding carboxylic acids is 1. The number of hydrogen-bond donors (Lipinski definition) is 0. The molecule has 2 aliphatic rings. The summed E-state index contributed by atoms with van der Waals surface area (Å²) in [6.07, 6.45) is 4.40. The Morgan fingerprint density at radius 3 is 2.50 bits per heavy atom. The highest BCUT2D eigenvalue weighted by Crippen LogP contribution is 2.37. The van der Waals surface area contributed by atoms with E-state index < -0.39 is 0 Å². The summed E-state index contributed by atoms with van der Waals surface area (Å²) in [6, 6.07) is 5.42. The highest BCUT2D eigenvalue weighted by Gasteiger charge is 2.37. The minimum absolute atomic E-state index is 0.150. The second kappa shape index (κ2) is 4.54. The summed E-state index contributed by atoms with van der Waals surface area (Å²) in [5, 5.41) is 0.150. The maximum Gasteiger partial charge on any atom is 0.143 e. The molecule has 0 radical (unpaired) electrons. The summed E-state index contributed by atoms with van der Waals surface area (Å²) in [5.74, 6) is -0.0421. The van der Waals surface area contributed by atoms with Gasteiger partial charge in [-0.2, -0.15) is 0 Å². The lowest BCUT2D eigenvalue weighted by atomic mass is 9.83. The first-order chi connectivity index (χ1) is 8.65. The fraction of sp³-hybridized carbons (Fsp3) is 0.500. The zero-order chi connectivity index (χ0) is 12.7. The first-order valence-electron chi connectivity index (χ1n) is 6.40. The Kier molecular flexibility index (Phi) is 3.02. The van der Waals surface area contributed by atoms with Crippen LogP contribution in [0.5, 0.6) is 0 Å². The van der Waals surface area contributed by atoms with E-state index in [2.05, 4.69) is 4.90 Å². The van der Waals surface area contributed by atoms with Crippen molar-refractivity contribution >= 4 is 23.1 Å². The Morgan fingerprint density at radius 2 is 1.89 bits per heavy atom. The fourth-order valence-corrected chi connectivity index (χ4v) is 3.36. The van der Waals surface area contributed by atoms with Gasteiger partial charge in [-0.1, -0.05) is 11.6 Å². The maximum atomic E-state index is 13.6. The van der Waals surface area contributed by atoms with E-state index in [9.17, 15) is 9.18 Å². The summed E-state index contributed by atoms with van der Waals surface area (Å²) < 4.78 is 13.6. The van der Waals surface area contributed by atoms with E-state index in [1.807, 2.05) is 6.07 Å². The number of carbonyl (C=O) groups is 1. The molecule has 2 heterocycles. The summed E-state index contributed by atoms with van der Waals surface area (Å²) in [5.41, 5.74) is 0.860. The third-order valence-corrected chi connectivity index (χ3v) is 4.30. The van der Waals surface area contributed by atoms with Crippen LogP contribution in [0.15, 0.2) is 18.2 Å². The zero-order valence-electron chi connectivity index (χ0n) is 10.0. The number of halogens is 2. The van der Waals surface area contributed by atoms with Crippen LogP contribution in [0.3, 0.4) is 0 Å². The monoisotopic (exact) mass is 267 g/mol. The zero-order valence-corrected chi connectivity index (χ0v) is 10.8. The largest absolute Gasteiger partial charge is 0.365 e. The molecule has 0 saturated carbocycles. The molecule has 2 aliphatic heterocycles. The maximum absolute atomic E-state index is 13.6. The van der Waals surface area contributed by atoms with Gasteiger partial charge in [0.2, 0.25) is 0 Å². The quantitative estimate of drug-likeness (QED) is 0.775. The van der Waals surface area contributed by atoms with Crippen molar-refractivity contribution in [2.75, 3.05) is 4.90 Å². The Hall–Kier alpha value is -1.09. The van der Waals surface area contributed by atoms with Crippen LogP contribution in [0.25, 0.3) is 0 Å². The first kappa shape index (κ1) is 12.0. The van der Waals surface area contributed by atoms with Crippen LogP contribution in [0.2, 0.25) is 5.02 Å². The lowest BCUT2D eigenvalue weighted by Gasteiger charge is -2.47. The number of anilines is 1. The van der Waals surface area contributed by atoms with Crippen LogP contribution in [0, 0.1) is 5.82 Å². The standard InChI is InChI=1S/C14H15ClFNO/c15-13-5-4-11(8-14(13)16)17-9-2-1-3-10(17)7-12(18)6-9/h4-5,8-10H,1-3,6-7H2. The molecular formula is C14H15ClFNO. The molecule has 0 amide bonds. The highest BCUT2D eigenvalue weighted by atomic mass is 35.5. The molecule has 2 bridgehead atoms. The highest BCUT2D eigenvalue weighted by molar-refractivity contribution is 6.30. The lowest BCUT2D eigenvalue weighted by molar-refractivity contribution is -0.121. The average Bonchev–Trinajstić information content (AvgIpc) is 2.32. The van der Waals surface area contributed by atoms with E-state index in [1.54, 1.807) is 6.07 Å². The van der Waals surface area contributed by atoms with Crippen molar-refractivity contribution in [3.63, 3.8) is 0 Å². The van der Waals surface area contributed by atoms with Crippen LogP contribution in [0.1, 0.15) is 32.1 Å². The number of fused-ring (bicyclic) bond motifs is 2. The van der Waals surface area contributed by atoms with Gasteiger partial charge in [-0.3, -0.25) is 4.79 Å². The molecule has 2 fully saturated rings. The van der Waals surface area contributed by atoms with E-state index in [0.29, 0.717) is 18.6 Å². The number of hydrogen-bond acceptors (Lipinski definition) is 2. The third-order valence-electron chi connectivity index (χ3n) is 3.99. The van der Waals surface area contributed by atoms with E-state index in [1.165, 1.54) is 6.07 Å². The van der Waals surface area contributed by atoms with Gasteiger partial charge in [0.05, 0.1) is 5.02 Å². The number of benzene rings is 1. The Morgan fingerprint density at radius 1 is 1.22 bits per heavy atom. The molecule has 2 saturated heterocycles. The van der Waals surface area contributed by atoms with Gasteiger partial charge in [0, 0.05) is 30.6 Å². The van der Waals surface area contributed by atoms with Gasteiger partial charge in [0.15, 0.2) is 0 Å². The summed E-state index contributed by atoms with van der Waals surface area (Å²) in [4.78, 5) is 13.9. The van der Waals surface area contributed by atoms with Crippen molar-refractivity contribution in [1.29, 1.82) is 0 Å². The molecule has 2 unspecified atom stereocenters. The van der Waals surface area contributed by atoms with Gasteiger partial charge in [0.1, 0.15) is 11.6 Å². The predicted octanol–water partition coefficient (Wildman–Crippen LogP) is 3.57. The van der Waals surface area contributed by atoms with Crippen molar-refractivity contribution in [2.45, 2.75) is 44.2 Å². The normalized spacial score (nSPS) is 27.4. The Labute approximate surface area is 111 Å². The Balaban J connectivity index is 1.95. The summed E-state index contributed by atoms with van der Waals surface area (Å²) >= 11 is 5.72. The van der Waals surface area contributed by atoms with Gasteiger partial charge in [-0.25, -0.2) is 4.39 Å². The molecule has 0 aromatic heterocycles. The SMILES string of the molecule is O=C1CC2CCCC(C1)N2c1ccc(Cl)c(F)c1. The van der Waals surface area contributed by atoms with Crippen molar-refractivity contribution in [3.8, 4) is 0 Å². The van der Waals surface area contributed by atoms with Crippen LogP contribution in [-0.2, 0) is 4.79 Å². The van der Waals surface area contributed by atoms with Gasteiger partial charge in [0.25, 0.3) is 0 Å². The summed E-state index contributed by atoms with van der Waals surface area (Å²) in [7, 11) is 0. The molecule has 2 nitrogen and oxygen atoms in total. The minimum Gasteiger partial charge on any atom is -0.365 e. The minimum atomic E-state index is -0.385. The topological polar surface area (TPSA) is 20.3 Å². The number of nitrogens with zero attached hydrogens (tertiary/aromatic N) is 1. The van der Waals surface area contributed by atoms with Gasteiger partial charge in [-0.15, -0.1) is 0 Å². The molecule has 96 valence electrons. The van der Waals surface area contributed by atoms with Gasteiger partial charge >= 0.3 is 0 Å². The van der Waals surface area contributed by atoms with Crippen LogP contribution in [0.4, 0.5) is 10.1 Å². The smallest absolute Gasteiger partial charge is 0.143 e. The molecule has 1 aromatic carbocycles. The van der Waals surface area contributed by atoms with Crippen molar-refractivity contribution in [3.05, 3.63) is 29.0 Å². The van der Waals surface area contributed by atoms with Crippen LogP contribution >= 0.6 is 11.6 Å². The number of ketones is 1. The molecule has 0 aliphatic carbocycles. The molecule has 4 heteroatoms. The third kappa shape index (κ3) is 2.01. The first-order valence-corrected chi connectivity index (χ1v) is 6.78. The van der Waals surface area contributed by atoms with Crippen LogP contribution < -0.4 is 4.90 Å². The molecule has 0 N–H and O–H groups in total. The van der Waals surface area contributed by atoms with Gasteiger partial charge < -0.3 is 4.90 Å². The van der Waals surface area contributed by atoms with E-state index >= 15 is 0 Å². The second-order valence-electron chi connectivity index (χ2n) is 5.19. The molecule has 3 rings (SSSR count).